The number of hydrogen-bond donors (Lipinski definition) is 1. The normalized spacial score (nSPS) is 16.2. The number of aromatic nitrogens is 4. The van der Waals surface area contributed by atoms with Crippen molar-refractivity contribution in [2.75, 3.05) is 26.8 Å². The molecule has 2 amide bonds. The van der Waals surface area contributed by atoms with E-state index in [0.717, 1.165) is 5.82 Å². The third kappa shape index (κ3) is 3.88. The SMILES string of the molecule is COCCNC(=O)Cc1cn2c(n1)[C@@H](C)N(C(=O)c1cnccn1)CC2. The van der Waals surface area contributed by atoms with E-state index in [1.165, 1.54) is 18.6 Å². The Labute approximate surface area is 151 Å². The Morgan fingerprint density at radius 1 is 1.35 bits per heavy atom. The van der Waals surface area contributed by atoms with Crippen LogP contribution in [0.4, 0.5) is 0 Å². The molecule has 0 unspecified atom stereocenters. The highest BCUT2D eigenvalue weighted by atomic mass is 16.5. The molecular weight excluding hydrogens is 336 g/mol. The first-order valence-corrected chi connectivity index (χ1v) is 8.48. The van der Waals surface area contributed by atoms with Crippen LogP contribution < -0.4 is 5.32 Å². The van der Waals surface area contributed by atoms with Crippen molar-refractivity contribution in [1.82, 2.24) is 29.7 Å². The van der Waals surface area contributed by atoms with Crippen LogP contribution in [0.15, 0.2) is 24.8 Å². The first kappa shape index (κ1) is 18.0. The van der Waals surface area contributed by atoms with E-state index in [0.29, 0.717) is 37.6 Å². The van der Waals surface area contributed by atoms with Crippen molar-refractivity contribution in [3.8, 4) is 0 Å². The van der Waals surface area contributed by atoms with Crippen LogP contribution in [0.1, 0.15) is 35.0 Å². The molecule has 26 heavy (non-hydrogen) atoms. The van der Waals surface area contributed by atoms with E-state index in [-0.39, 0.29) is 24.3 Å². The molecule has 0 fully saturated rings. The van der Waals surface area contributed by atoms with Gasteiger partial charge in [-0.25, -0.2) is 9.97 Å². The van der Waals surface area contributed by atoms with Gasteiger partial charge in [0.25, 0.3) is 5.91 Å². The predicted molar refractivity (Wildman–Crippen MR) is 92.3 cm³/mol. The van der Waals surface area contributed by atoms with Gasteiger partial charge in [0.05, 0.1) is 31.0 Å². The van der Waals surface area contributed by atoms with Crippen molar-refractivity contribution in [3.63, 3.8) is 0 Å². The summed E-state index contributed by atoms with van der Waals surface area (Å²) in [5.74, 6) is 0.504. The lowest BCUT2D eigenvalue weighted by Crippen LogP contribution is -2.41. The average molecular weight is 358 g/mol. The third-order valence-corrected chi connectivity index (χ3v) is 4.29. The number of fused-ring (bicyclic) bond motifs is 1. The van der Waals surface area contributed by atoms with E-state index in [1.807, 2.05) is 17.7 Å². The van der Waals surface area contributed by atoms with Crippen LogP contribution in [0.25, 0.3) is 0 Å². The molecule has 0 saturated carbocycles. The van der Waals surface area contributed by atoms with Gasteiger partial charge >= 0.3 is 0 Å². The van der Waals surface area contributed by atoms with Crippen molar-refractivity contribution in [1.29, 1.82) is 0 Å². The van der Waals surface area contributed by atoms with Gasteiger partial charge in [0, 0.05) is 45.3 Å². The zero-order valence-electron chi connectivity index (χ0n) is 14.9. The molecule has 1 atom stereocenters. The number of ether oxygens (including phenoxy) is 1. The first-order valence-electron chi connectivity index (χ1n) is 8.48. The first-order chi connectivity index (χ1) is 12.6. The van der Waals surface area contributed by atoms with E-state index in [2.05, 4.69) is 20.3 Å². The molecule has 0 radical (unpaired) electrons. The number of hydrogen-bond acceptors (Lipinski definition) is 6. The minimum atomic E-state index is -0.205. The summed E-state index contributed by atoms with van der Waals surface area (Å²) in [5, 5.41) is 2.78. The Bertz CT molecular complexity index is 776. The summed E-state index contributed by atoms with van der Waals surface area (Å²) in [5.41, 5.74) is 1.01. The maximum atomic E-state index is 12.7. The zero-order chi connectivity index (χ0) is 18.5. The van der Waals surface area contributed by atoms with Crippen molar-refractivity contribution >= 4 is 11.8 Å². The average Bonchev–Trinajstić information content (AvgIpc) is 3.06. The standard InChI is InChI=1S/C17H22N6O3/c1-12-16-21-13(9-15(24)20-5-8-26-2)11-22(16)6-7-23(12)17(25)14-10-18-3-4-19-14/h3-4,10-12H,5-9H2,1-2H3,(H,20,24)/t12-/m1/s1. The van der Waals surface area contributed by atoms with E-state index in [4.69, 9.17) is 4.74 Å². The van der Waals surface area contributed by atoms with Crippen molar-refractivity contribution in [2.24, 2.45) is 0 Å². The minimum Gasteiger partial charge on any atom is -0.383 e. The lowest BCUT2D eigenvalue weighted by Gasteiger charge is -2.33. The lowest BCUT2D eigenvalue weighted by atomic mass is 10.2. The zero-order valence-corrected chi connectivity index (χ0v) is 14.9. The van der Waals surface area contributed by atoms with Gasteiger partial charge in [0.15, 0.2) is 0 Å². The Hall–Kier alpha value is -2.81. The summed E-state index contributed by atoms with van der Waals surface area (Å²) in [6, 6.07) is -0.205. The summed E-state index contributed by atoms with van der Waals surface area (Å²) in [7, 11) is 1.59. The monoisotopic (exact) mass is 358 g/mol. The molecule has 0 bridgehead atoms. The minimum absolute atomic E-state index is 0.0994. The maximum Gasteiger partial charge on any atom is 0.274 e. The van der Waals surface area contributed by atoms with E-state index < -0.39 is 0 Å². The van der Waals surface area contributed by atoms with Gasteiger partial charge < -0.3 is 19.5 Å². The molecule has 0 saturated heterocycles. The predicted octanol–water partition coefficient (Wildman–Crippen LogP) is 0.195. The molecule has 1 N–H and O–H groups in total. The molecule has 9 heteroatoms. The van der Waals surface area contributed by atoms with Crippen molar-refractivity contribution in [2.45, 2.75) is 25.9 Å². The van der Waals surface area contributed by atoms with Crippen LogP contribution in [0.2, 0.25) is 0 Å². The second-order valence-electron chi connectivity index (χ2n) is 6.07. The molecule has 2 aromatic rings. The summed E-state index contributed by atoms with van der Waals surface area (Å²) in [6.45, 7) is 4.06. The summed E-state index contributed by atoms with van der Waals surface area (Å²) >= 11 is 0. The van der Waals surface area contributed by atoms with Gasteiger partial charge in [-0.15, -0.1) is 0 Å². The molecular formula is C17H22N6O3. The fourth-order valence-electron chi connectivity index (χ4n) is 2.99. The summed E-state index contributed by atoms with van der Waals surface area (Å²) in [4.78, 5) is 38.9. The van der Waals surface area contributed by atoms with Crippen LogP contribution >= 0.6 is 0 Å². The summed E-state index contributed by atoms with van der Waals surface area (Å²) in [6.07, 6.45) is 6.59. The number of imidazole rings is 1. The highest BCUT2D eigenvalue weighted by Crippen LogP contribution is 2.25. The Morgan fingerprint density at radius 3 is 2.92 bits per heavy atom. The molecule has 0 aromatic carbocycles. The Balaban J connectivity index is 1.68. The Kier molecular flexibility index (Phi) is 5.57. The quantitative estimate of drug-likeness (QED) is 0.740. The number of carbonyl (C=O) groups excluding carboxylic acids is 2. The van der Waals surface area contributed by atoms with E-state index >= 15 is 0 Å². The van der Waals surface area contributed by atoms with Gasteiger partial charge in [-0.05, 0) is 6.92 Å². The smallest absolute Gasteiger partial charge is 0.274 e. The van der Waals surface area contributed by atoms with E-state index in [9.17, 15) is 9.59 Å². The summed E-state index contributed by atoms with van der Waals surface area (Å²) < 4.78 is 6.91. The van der Waals surface area contributed by atoms with Crippen LogP contribution in [-0.4, -0.2) is 63.0 Å². The van der Waals surface area contributed by atoms with Crippen LogP contribution in [0.5, 0.6) is 0 Å². The number of rotatable bonds is 6. The number of methoxy groups -OCH3 is 1. The van der Waals surface area contributed by atoms with Gasteiger partial charge in [0.1, 0.15) is 11.5 Å². The van der Waals surface area contributed by atoms with Crippen LogP contribution in [0, 0.1) is 0 Å². The van der Waals surface area contributed by atoms with Crippen molar-refractivity contribution in [3.05, 3.63) is 42.0 Å². The van der Waals surface area contributed by atoms with Gasteiger partial charge in [0.2, 0.25) is 5.91 Å². The molecule has 9 nitrogen and oxygen atoms in total. The second-order valence-corrected chi connectivity index (χ2v) is 6.07. The number of nitrogens with zero attached hydrogens (tertiary/aromatic N) is 5. The Morgan fingerprint density at radius 2 is 2.19 bits per heavy atom. The van der Waals surface area contributed by atoms with Gasteiger partial charge in [-0.1, -0.05) is 0 Å². The molecule has 138 valence electrons. The molecule has 0 spiro atoms. The lowest BCUT2D eigenvalue weighted by molar-refractivity contribution is -0.120. The van der Waals surface area contributed by atoms with Gasteiger partial charge in [-0.3, -0.25) is 14.6 Å². The molecule has 0 aliphatic carbocycles. The maximum absolute atomic E-state index is 12.7. The topological polar surface area (TPSA) is 102 Å². The number of amides is 2. The van der Waals surface area contributed by atoms with Crippen molar-refractivity contribution < 1.29 is 14.3 Å². The van der Waals surface area contributed by atoms with Crippen LogP contribution in [0.3, 0.4) is 0 Å². The number of carbonyl (C=O) groups is 2. The highest BCUT2D eigenvalue weighted by molar-refractivity contribution is 5.92. The molecule has 1 aliphatic heterocycles. The number of nitrogens with one attached hydrogen (secondary N) is 1. The van der Waals surface area contributed by atoms with E-state index in [1.54, 1.807) is 12.0 Å². The molecule has 1 aliphatic rings. The molecule has 2 aromatic heterocycles. The molecule has 3 heterocycles. The second kappa shape index (κ2) is 8.05. The third-order valence-electron chi connectivity index (χ3n) is 4.29. The fourth-order valence-corrected chi connectivity index (χ4v) is 2.99. The molecule has 3 rings (SSSR count). The fraction of sp³-hybridized carbons (Fsp3) is 0.471. The van der Waals surface area contributed by atoms with Crippen LogP contribution in [-0.2, 0) is 22.5 Å². The van der Waals surface area contributed by atoms with Gasteiger partial charge in [-0.2, -0.15) is 0 Å². The largest absolute Gasteiger partial charge is 0.383 e. The highest BCUT2D eigenvalue weighted by Gasteiger charge is 2.31.